The van der Waals surface area contributed by atoms with E-state index in [1.165, 1.54) is 24.1 Å². The Morgan fingerprint density at radius 2 is 2.33 bits per heavy atom. The van der Waals surface area contributed by atoms with Crippen LogP contribution in [0.5, 0.6) is 5.75 Å². The second-order valence-corrected chi connectivity index (χ2v) is 5.56. The van der Waals surface area contributed by atoms with Gasteiger partial charge in [0.15, 0.2) is 0 Å². The van der Waals surface area contributed by atoms with Crippen LogP contribution in [0.3, 0.4) is 0 Å². The van der Waals surface area contributed by atoms with E-state index >= 15 is 0 Å². The summed E-state index contributed by atoms with van der Waals surface area (Å²) in [6, 6.07) is 8.55. The lowest BCUT2D eigenvalue weighted by Crippen LogP contribution is -2.25. The Bertz CT molecular complexity index is 606. The van der Waals surface area contributed by atoms with Crippen LogP contribution in [0.2, 0.25) is 0 Å². The van der Waals surface area contributed by atoms with Gasteiger partial charge in [-0.1, -0.05) is 13.0 Å². The molecule has 0 saturated heterocycles. The van der Waals surface area contributed by atoms with Crippen molar-refractivity contribution < 1.29 is 4.74 Å². The van der Waals surface area contributed by atoms with Gasteiger partial charge in [-0.2, -0.15) is 5.10 Å². The molecule has 112 valence electrons. The van der Waals surface area contributed by atoms with Gasteiger partial charge < -0.3 is 10.1 Å². The molecule has 3 rings (SSSR count). The number of benzene rings is 1. The van der Waals surface area contributed by atoms with E-state index in [1.807, 2.05) is 24.4 Å². The third-order valence-corrected chi connectivity index (χ3v) is 4.12. The van der Waals surface area contributed by atoms with E-state index in [0.29, 0.717) is 6.04 Å². The van der Waals surface area contributed by atoms with Crippen LogP contribution in [-0.2, 0) is 6.42 Å². The van der Waals surface area contributed by atoms with Crippen molar-refractivity contribution in [1.29, 1.82) is 0 Å². The van der Waals surface area contributed by atoms with Crippen LogP contribution in [0.15, 0.2) is 30.5 Å². The number of methoxy groups -OCH3 is 1. The summed E-state index contributed by atoms with van der Waals surface area (Å²) in [6.07, 6.45) is 6.70. The van der Waals surface area contributed by atoms with Crippen molar-refractivity contribution in [3.05, 3.63) is 41.7 Å². The number of aromatic nitrogens is 2. The van der Waals surface area contributed by atoms with Gasteiger partial charge in [0.2, 0.25) is 0 Å². The van der Waals surface area contributed by atoms with Crippen LogP contribution in [-0.4, -0.2) is 23.4 Å². The fraction of sp³-hybridized carbons (Fsp3) is 0.471. The molecule has 0 amide bonds. The fourth-order valence-electron chi connectivity index (χ4n) is 3.05. The number of hydrogen-bond donors (Lipinski definition) is 1. The molecule has 21 heavy (non-hydrogen) atoms. The third kappa shape index (κ3) is 2.81. The first kappa shape index (κ1) is 14.1. The minimum absolute atomic E-state index is 0.452. The Labute approximate surface area is 126 Å². The highest BCUT2D eigenvalue weighted by molar-refractivity contribution is 5.42. The molecule has 0 radical (unpaired) electrons. The molecular formula is C17H23N3O. The molecule has 4 heteroatoms. The molecule has 0 saturated carbocycles. The van der Waals surface area contributed by atoms with Crippen LogP contribution in [0.25, 0.3) is 5.69 Å². The molecule has 1 unspecified atom stereocenters. The van der Waals surface area contributed by atoms with Crippen molar-refractivity contribution >= 4 is 0 Å². The molecule has 0 spiro atoms. The highest BCUT2D eigenvalue weighted by Crippen LogP contribution is 2.31. The smallest absolute Gasteiger partial charge is 0.121 e. The quantitative estimate of drug-likeness (QED) is 0.916. The zero-order valence-electron chi connectivity index (χ0n) is 12.8. The van der Waals surface area contributed by atoms with Crippen LogP contribution in [0.4, 0.5) is 0 Å². The van der Waals surface area contributed by atoms with E-state index in [2.05, 4.69) is 28.1 Å². The lowest BCUT2D eigenvalue weighted by atomic mass is 9.93. The Morgan fingerprint density at radius 1 is 1.43 bits per heavy atom. The second kappa shape index (κ2) is 6.31. The minimum atomic E-state index is 0.452. The molecule has 1 aliphatic carbocycles. The lowest BCUT2D eigenvalue weighted by molar-refractivity contribution is 0.414. The Hall–Kier alpha value is -1.81. The van der Waals surface area contributed by atoms with Crippen molar-refractivity contribution in [3.8, 4) is 11.4 Å². The van der Waals surface area contributed by atoms with Gasteiger partial charge in [-0.05, 0) is 44.4 Å². The Morgan fingerprint density at radius 3 is 3.14 bits per heavy atom. The second-order valence-electron chi connectivity index (χ2n) is 5.56. The van der Waals surface area contributed by atoms with E-state index in [9.17, 15) is 0 Å². The number of nitrogens with zero attached hydrogens (tertiary/aromatic N) is 2. The molecule has 0 fully saturated rings. The predicted octanol–water partition coefficient (Wildman–Crippen LogP) is 3.26. The predicted molar refractivity (Wildman–Crippen MR) is 84.1 cm³/mol. The molecule has 4 nitrogen and oxygen atoms in total. The molecule has 1 aromatic heterocycles. The van der Waals surface area contributed by atoms with Gasteiger partial charge in [-0.25, -0.2) is 4.68 Å². The third-order valence-electron chi connectivity index (χ3n) is 4.12. The summed E-state index contributed by atoms with van der Waals surface area (Å²) in [4.78, 5) is 0. The molecule has 1 N–H and O–H groups in total. The normalized spacial score (nSPS) is 17.5. The number of rotatable bonds is 5. The van der Waals surface area contributed by atoms with Gasteiger partial charge >= 0.3 is 0 Å². The van der Waals surface area contributed by atoms with Crippen LogP contribution in [0.1, 0.15) is 43.5 Å². The lowest BCUT2D eigenvalue weighted by Gasteiger charge is -2.24. The van der Waals surface area contributed by atoms with E-state index in [0.717, 1.165) is 30.8 Å². The van der Waals surface area contributed by atoms with Crippen molar-refractivity contribution in [2.75, 3.05) is 13.7 Å². The highest BCUT2D eigenvalue weighted by Gasteiger charge is 2.24. The first-order valence-electron chi connectivity index (χ1n) is 7.78. The zero-order valence-corrected chi connectivity index (χ0v) is 12.8. The fourth-order valence-corrected chi connectivity index (χ4v) is 3.05. The van der Waals surface area contributed by atoms with Gasteiger partial charge in [0.1, 0.15) is 5.75 Å². The monoisotopic (exact) mass is 285 g/mol. The van der Waals surface area contributed by atoms with Gasteiger partial charge in [0.25, 0.3) is 0 Å². The first-order chi connectivity index (χ1) is 10.3. The first-order valence-corrected chi connectivity index (χ1v) is 7.78. The van der Waals surface area contributed by atoms with E-state index < -0.39 is 0 Å². The molecule has 1 heterocycles. The minimum Gasteiger partial charge on any atom is -0.497 e. The summed E-state index contributed by atoms with van der Waals surface area (Å²) >= 11 is 0. The van der Waals surface area contributed by atoms with Crippen LogP contribution < -0.4 is 10.1 Å². The summed E-state index contributed by atoms with van der Waals surface area (Å²) in [5.74, 6) is 0.869. The maximum atomic E-state index is 5.32. The van der Waals surface area contributed by atoms with Gasteiger partial charge in [-0.3, -0.25) is 0 Å². The average Bonchev–Trinajstić information content (AvgIpc) is 2.97. The molecule has 1 aromatic carbocycles. The summed E-state index contributed by atoms with van der Waals surface area (Å²) in [6.45, 7) is 3.27. The molecule has 1 aliphatic rings. The van der Waals surface area contributed by atoms with E-state index in [-0.39, 0.29) is 0 Å². The van der Waals surface area contributed by atoms with Crippen molar-refractivity contribution in [3.63, 3.8) is 0 Å². The van der Waals surface area contributed by atoms with Crippen molar-refractivity contribution in [2.45, 2.75) is 38.6 Å². The summed E-state index contributed by atoms with van der Waals surface area (Å²) in [7, 11) is 1.70. The zero-order chi connectivity index (χ0) is 14.7. The van der Waals surface area contributed by atoms with Crippen molar-refractivity contribution in [2.24, 2.45) is 0 Å². The van der Waals surface area contributed by atoms with Crippen LogP contribution in [0, 0.1) is 0 Å². The molecule has 0 aliphatic heterocycles. The number of hydrogen-bond acceptors (Lipinski definition) is 3. The van der Waals surface area contributed by atoms with E-state index in [1.54, 1.807) is 7.11 Å². The topological polar surface area (TPSA) is 39.1 Å². The summed E-state index contributed by atoms with van der Waals surface area (Å²) in [5.41, 5.74) is 3.77. The van der Waals surface area contributed by atoms with Crippen LogP contribution >= 0.6 is 0 Å². The molecule has 0 bridgehead atoms. The highest BCUT2D eigenvalue weighted by atomic mass is 16.5. The maximum Gasteiger partial charge on any atom is 0.121 e. The average molecular weight is 285 g/mol. The molecule has 2 aromatic rings. The number of ether oxygens (including phenoxy) is 1. The van der Waals surface area contributed by atoms with Crippen molar-refractivity contribution in [1.82, 2.24) is 15.1 Å². The standard InChI is InChI=1S/C17H23N3O/c1-3-10-18-16-8-5-9-17-15(16)12-19-20(17)13-6-4-7-14(11-13)21-2/h4,6-7,11-12,16,18H,3,5,8-10H2,1-2H3. The maximum absolute atomic E-state index is 5.32. The molecule has 1 atom stereocenters. The van der Waals surface area contributed by atoms with Gasteiger partial charge in [0.05, 0.1) is 19.0 Å². The van der Waals surface area contributed by atoms with Gasteiger partial charge in [-0.15, -0.1) is 0 Å². The number of nitrogens with one attached hydrogen (secondary N) is 1. The Balaban J connectivity index is 1.93. The largest absolute Gasteiger partial charge is 0.497 e. The summed E-state index contributed by atoms with van der Waals surface area (Å²) < 4.78 is 7.38. The number of fused-ring (bicyclic) bond motifs is 1. The van der Waals surface area contributed by atoms with E-state index in [4.69, 9.17) is 4.74 Å². The summed E-state index contributed by atoms with van der Waals surface area (Å²) in [5, 5.41) is 8.26. The molecular weight excluding hydrogens is 262 g/mol. The van der Waals surface area contributed by atoms with Gasteiger partial charge in [0, 0.05) is 23.4 Å². The SMILES string of the molecule is CCCNC1CCCc2c1cnn2-c1cccc(OC)c1. The Kier molecular flexibility index (Phi) is 4.25.